The van der Waals surface area contributed by atoms with Crippen LogP contribution in [-0.2, 0) is 0 Å². The quantitative estimate of drug-likeness (QED) is 0.519. The second kappa shape index (κ2) is 7.13. The largest absolute Gasteiger partial charge is 0.495 e. The fourth-order valence-corrected chi connectivity index (χ4v) is 3.31. The van der Waals surface area contributed by atoms with E-state index in [1.807, 2.05) is 51.1 Å². The Balaban J connectivity index is 1.93. The SMILES string of the molecule is COc1ccc(C)cc1Nc1nc2ccc(Cl)cc2nc1-n1nc(C)cc1C. The van der Waals surface area contributed by atoms with Crippen LogP contribution in [-0.4, -0.2) is 26.9 Å². The molecule has 6 nitrogen and oxygen atoms in total. The molecule has 0 saturated heterocycles. The van der Waals surface area contributed by atoms with Crippen molar-refractivity contribution in [2.45, 2.75) is 20.8 Å². The number of ether oxygens (including phenoxy) is 1. The van der Waals surface area contributed by atoms with E-state index in [1.54, 1.807) is 23.9 Å². The molecule has 2 aromatic carbocycles. The van der Waals surface area contributed by atoms with Crippen molar-refractivity contribution in [3.8, 4) is 11.6 Å². The first-order valence-electron chi connectivity index (χ1n) is 8.87. The summed E-state index contributed by atoms with van der Waals surface area (Å²) in [5, 5.41) is 8.58. The van der Waals surface area contributed by atoms with Crippen LogP contribution in [0.25, 0.3) is 16.9 Å². The van der Waals surface area contributed by atoms with Crippen molar-refractivity contribution in [2.75, 3.05) is 12.4 Å². The molecule has 0 saturated carbocycles. The van der Waals surface area contributed by atoms with Crippen molar-refractivity contribution >= 4 is 34.1 Å². The zero-order valence-corrected chi connectivity index (χ0v) is 16.9. The van der Waals surface area contributed by atoms with E-state index >= 15 is 0 Å². The third-order valence-electron chi connectivity index (χ3n) is 4.43. The molecule has 4 rings (SSSR count). The Kier molecular flexibility index (Phi) is 4.65. The van der Waals surface area contributed by atoms with Crippen LogP contribution in [0.3, 0.4) is 0 Å². The molecule has 1 N–H and O–H groups in total. The van der Waals surface area contributed by atoms with Gasteiger partial charge in [0, 0.05) is 10.7 Å². The van der Waals surface area contributed by atoms with Crippen LogP contribution >= 0.6 is 11.6 Å². The number of halogens is 1. The smallest absolute Gasteiger partial charge is 0.197 e. The summed E-state index contributed by atoms with van der Waals surface area (Å²) in [4.78, 5) is 9.60. The monoisotopic (exact) mass is 393 g/mol. The molecule has 0 amide bonds. The zero-order chi connectivity index (χ0) is 19.8. The highest BCUT2D eigenvalue weighted by molar-refractivity contribution is 6.31. The van der Waals surface area contributed by atoms with Gasteiger partial charge in [0.15, 0.2) is 11.6 Å². The average molecular weight is 394 g/mol. The molecule has 0 aliphatic heterocycles. The third-order valence-corrected chi connectivity index (χ3v) is 4.66. The average Bonchev–Trinajstić information content (AvgIpc) is 2.99. The van der Waals surface area contributed by atoms with Crippen molar-refractivity contribution in [2.24, 2.45) is 0 Å². The first kappa shape index (κ1) is 18.3. The van der Waals surface area contributed by atoms with E-state index in [4.69, 9.17) is 26.3 Å². The Morgan fingerprint density at radius 2 is 1.79 bits per heavy atom. The standard InChI is InChI=1S/C21H20ClN5O/c1-12-5-8-19(28-4)18(9-12)24-20-21(27-14(3)10-13(2)26-27)25-17-11-15(22)6-7-16(17)23-20/h5-11H,1-4H3,(H,23,24). The van der Waals surface area contributed by atoms with E-state index < -0.39 is 0 Å². The lowest BCUT2D eigenvalue weighted by Crippen LogP contribution is -2.09. The summed E-state index contributed by atoms with van der Waals surface area (Å²) in [6.07, 6.45) is 0. The predicted octanol–water partition coefficient (Wildman–Crippen LogP) is 5.15. The van der Waals surface area contributed by atoms with Crippen LogP contribution in [0.5, 0.6) is 5.75 Å². The number of methoxy groups -OCH3 is 1. The Labute approximate surface area is 168 Å². The van der Waals surface area contributed by atoms with Gasteiger partial charge >= 0.3 is 0 Å². The molecule has 0 radical (unpaired) electrons. The fraction of sp³-hybridized carbons (Fsp3) is 0.190. The molecular weight excluding hydrogens is 374 g/mol. The lowest BCUT2D eigenvalue weighted by molar-refractivity contribution is 0.416. The summed E-state index contributed by atoms with van der Waals surface area (Å²) >= 11 is 6.16. The molecule has 0 fully saturated rings. The van der Waals surface area contributed by atoms with Crippen LogP contribution in [0.1, 0.15) is 17.0 Å². The summed E-state index contributed by atoms with van der Waals surface area (Å²) in [5.74, 6) is 1.91. The molecule has 2 aromatic heterocycles. The van der Waals surface area contributed by atoms with Gasteiger partial charge in [0.25, 0.3) is 0 Å². The topological polar surface area (TPSA) is 64.9 Å². The van der Waals surface area contributed by atoms with Crippen LogP contribution in [0.2, 0.25) is 5.02 Å². The van der Waals surface area contributed by atoms with Crippen LogP contribution < -0.4 is 10.1 Å². The number of aryl methyl sites for hydroxylation is 3. The number of rotatable bonds is 4. The molecule has 2 heterocycles. The number of nitrogens with zero attached hydrogens (tertiary/aromatic N) is 4. The summed E-state index contributed by atoms with van der Waals surface area (Å²) in [6, 6.07) is 13.4. The fourth-order valence-electron chi connectivity index (χ4n) is 3.14. The number of fused-ring (bicyclic) bond motifs is 1. The molecule has 0 spiro atoms. The highest BCUT2D eigenvalue weighted by atomic mass is 35.5. The Hall–Kier alpha value is -3.12. The Bertz CT molecular complexity index is 1190. The minimum atomic E-state index is 0.588. The van der Waals surface area contributed by atoms with Crippen molar-refractivity contribution < 1.29 is 4.74 Å². The molecule has 0 unspecified atom stereocenters. The third kappa shape index (κ3) is 3.39. The highest BCUT2D eigenvalue weighted by Crippen LogP contribution is 2.31. The summed E-state index contributed by atoms with van der Waals surface area (Å²) in [5.41, 5.74) is 5.24. The van der Waals surface area contributed by atoms with E-state index in [0.29, 0.717) is 22.2 Å². The maximum absolute atomic E-state index is 6.16. The van der Waals surface area contributed by atoms with Crippen LogP contribution in [0.15, 0.2) is 42.5 Å². The maximum atomic E-state index is 6.16. The summed E-state index contributed by atoms with van der Waals surface area (Å²) in [7, 11) is 1.64. The van der Waals surface area contributed by atoms with E-state index in [2.05, 4.69) is 10.4 Å². The molecular formula is C21H20ClN5O. The lowest BCUT2D eigenvalue weighted by Gasteiger charge is -2.15. The number of hydrogen-bond donors (Lipinski definition) is 1. The first-order valence-corrected chi connectivity index (χ1v) is 9.25. The number of nitrogens with one attached hydrogen (secondary N) is 1. The molecule has 0 bridgehead atoms. The van der Waals surface area contributed by atoms with Gasteiger partial charge in [-0.15, -0.1) is 0 Å². The minimum Gasteiger partial charge on any atom is -0.495 e. The summed E-state index contributed by atoms with van der Waals surface area (Å²) in [6.45, 7) is 5.97. The van der Waals surface area contributed by atoms with E-state index in [9.17, 15) is 0 Å². The maximum Gasteiger partial charge on any atom is 0.197 e. The van der Waals surface area contributed by atoms with Crippen molar-refractivity contribution in [1.82, 2.24) is 19.7 Å². The van der Waals surface area contributed by atoms with Gasteiger partial charge in [0.1, 0.15) is 5.75 Å². The van der Waals surface area contributed by atoms with Crippen molar-refractivity contribution in [3.63, 3.8) is 0 Å². The summed E-state index contributed by atoms with van der Waals surface area (Å²) < 4.78 is 7.28. The van der Waals surface area contributed by atoms with Gasteiger partial charge in [0.2, 0.25) is 0 Å². The van der Waals surface area contributed by atoms with Gasteiger partial charge in [-0.25, -0.2) is 14.6 Å². The van der Waals surface area contributed by atoms with Crippen LogP contribution in [0.4, 0.5) is 11.5 Å². The van der Waals surface area contributed by atoms with Crippen molar-refractivity contribution in [3.05, 3.63) is 64.4 Å². The number of benzene rings is 2. The number of anilines is 2. The molecule has 0 atom stereocenters. The molecule has 0 aliphatic carbocycles. The molecule has 28 heavy (non-hydrogen) atoms. The van der Waals surface area contributed by atoms with Gasteiger partial charge < -0.3 is 10.1 Å². The van der Waals surface area contributed by atoms with Gasteiger partial charge in [-0.1, -0.05) is 17.7 Å². The number of hydrogen-bond acceptors (Lipinski definition) is 5. The first-order chi connectivity index (χ1) is 13.4. The lowest BCUT2D eigenvalue weighted by atomic mass is 10.2. The van der Waals surface area contributed by atoms with Gasteiger partial charge in [-0.05, 0) is 62.7 Å². The molecule has 142 valence electrons. The predicted molar refractivity (Wildman–Crippen MR) is 112 cm³/mol. The second-order valence-corrected chi connectivity index (χ2v) is 7.13. The minimum absolute atomic E-state index is 0.588. The molecule has 4 aromatic rings. The van der Waals surface area contributed by atoms with Crippen LogP contribution in [0, 0.1) is 20.8 Å². The van der Waals surface area contributed by atoms with Gasteiger partial charge in [-0.2, -0.15) is 5.10 Å². The highest BCUT2D eigenvalue weighted by Gasteiger charge is 2.16. The Morgan fingerprint density at radius 1 is 0.964 bits per heavy atom. The normalized spacial score (nSPS) is 11.0. The second-order valence-electron chi connectivity index (χ2n) is 6.70. The zero-order valence-electron chi connectivity index (χ0n) is 16.1. The van der Waals surface area contributed by atoms with Gasteiger partial charge in [-0.3, -0.25) is 0 Å². The van der Waals surface area contributed by atoms with E-state index in [-0.39, 0.29) is 0 Å². The molecule has 0 aliphatic rings. The molecule has 7 heteroatoms. The van der Waals surface area contributed by atoms with E-state index in [0.717, 1.165) is 33.9 Å². The Morgan fingerprint density at radius 3 is 2.50 bits per heavy atom. The number of aromatic nitrogens is 4. The van der Waals surface area contributed by atoms with E-state index in [1.165, 1.54) is 0 Å². The van der Waals surface area contributed by atoms with Crippen molar-refractivity contribution in [1.29, 1.82) is 0 Å². The van der Waals surface area contributed by atoms with Gasteiger partial charge in [0.05, 0.1) is 29.5 Å².